The molecule has 0 heterocycles. The molecule has 0 aromatic heterocycles. The number of ketones is 1. The molecule has 0 atom stereocenters. The zero-order valence-electron chi connectivity index (χ0n) is 15.9. The first-order chi connectivity index (χ1) is 11.8. The third kappa shape index (κ3) is 4.00. The van der Waals surface area contributed by atoms with Crippen LogP contribution in [0.3, 0.4) is 0 Å². The SMILES string of the molecule is C=C=CCCC(C)(C)/C(C)=C/CC1=C(C)C(=C)c2ccccc2C1=O. The average molecular weight is 332 g/mol. The molecule has 1 heteroatoms. The summed E-state index contributed by atoms with van der Waals surface area (Å²) in [6.07, 6.45) is 6.85. The van der Waals surface area contributed by atoms with E-state index >= 15 is 0 Å². The number of hydrogen-bond acceptors (Lipinski definition) is 1. The van der Waals surface area contributed by atoms with Crippen molar-refractivity contribution in [3.8, 4) is 0 Å². The van der Waals surface area contributed by atoms with Crippen molar-refractivity contribution < 1.29 is 4.79 Å². The van der Waals surface area contributed by atoms with Crippen molar-refractivity contribution in [3.05, 3.63) is 83.2 Å². The van der Waals surface area contributed by atoms with E-state index in [-0.39, 0.29) is 11.2 Å². The van der Waals surface area contributed by atoms with Gasteiger partial charge >= 0.3 is 0 Å². The molecule has 1 aliphatic rings. The molecule has 0 fully saturated rings. The highest BCUT2D eigenvalue weighted by Crippen LogP contribution is 2.37. The van der Waals surface area contributed by atoms with Gasteiger partial charge in [0.25, 0.3) is 0 Å². The molecule has 25 heavy (non-hydrogen) atoms. The summed E-state index contributed by atoms with van der Waals surface area (Å²) < 4.78 is 0. The quantitative estimate of drug-likeness (QED) is 0.418. The van der Waals surface area contributed by atoms with Crippen molar-refractivity contribution in [1.82, 2.24) is 0 Å². The van der Waals surface area contributed by atoms with Crippen LogP contribution in [0, 0.1) is 5.41 Å². The molecule has 0 aliphatic heterocycles. The molecular formula is C24H28O. The van der Waals surface area contributed by atoms with Gasteiger partial charge < -0.3 is 0 Å². The Morgan fingerprint density at radius 3 is 2.52 bits per heavy atom. The predicted molar refractivity (Wildman–Crippen MR) is 108 cm³/mol. The zero-order chi connectivity index (χ0) is 18.6. The molecule has 0 saturated carbocycles. The summed E-state index contributed by atoms with van der Waals surface area (Å²) in [7, 11) is 0. The minimum atomic E-state index is 0.0917. The number of rotatable bonds is 6. The fourth-order valence-electron chi connectivity index (χ4n) is 3.17. The van der Waals surface area contributed by atoms with E-state index in [1.54, 1.807) is 0 Å². The molecule has 0 bridgehead atoms. The molecule has 1 aromatic carbocycles. The lowest BCUT2D eigenvalue weighted by molar-refractivity contribution is 0.103. The van der Waals surface area contributed by atoms with Crippen molar-refractivity contribution >= 4 is 11.4 Å². The van der Waals surface area contributed by atoms with Gasteiger partial charge in [-0.3, -0.25) is 4.79 Å². The first kappa shape index (κ1) is 19.0. The molecule has 0 unspecified atom stereocenters. The average Bonchev–Trinajstić information content (AvgIpc) is 2.59. The summed E-state index contributed by atoms with van der Waals surface area (Å²) in [5.41, 5.74) is 8.81. The lowest BCUT2D eigenvalue weighted by Crippen LogP contribution is -2.15. The van der Waals surface area contributed by atoms with Crippen LogP contribution in [0.4, 0.5) is 0 Å². The lowest BCUT2D eigenvalue weighted by Gasteiger charge is -2.26. The van der Waals surface area contributed by atoms with Crippen molar-refractivity contribution in [2.45, 2.75) is 47.0 Å². The lowest BCUT2D eigenvalue weighted by atomic mass is 9.78. The van der Waals surface area contributed by atoms with E-state index in [2.05, 4.69) is 45.7 Å². The third-order valence-electron chi connectivity index (χ3n) is 5.41. The first-order valence-electron chi connectivity index (χ1n) is 8.84. The highest BCUT2D eigenvalue weighted by Gasteiger charge is 2.26. The summed E-state index contributed by atoms with van der Waals surface area (Å²) in [6.45, 7) is 16.5. The van der Waals surface area contributed by atoms with Gasteiger partial charge in [0.15, 0.2) is 5.78 Å². The number of allylic oxidation sites excluding steroid dienone is 6. The van der Waals surface area contributed by atoms with Gasteiger partial charge in [0.05, 0.1) is 0 Å². The van der Waals surface area contributed by atoms with Crippen LogP contribution < -0.4 is 0 Å². The molecule has 1 aliphatic carbocycles. The minimum absolute atomic E-state index is 0.0917. The maximum atomic E-state index is 12.9. The van der Waals surface area contributed by atoms with Gasteiger partial charge in [0.2, 0.25) is 0 Å². The fraction of sp³-hybridized carbons (Fsp3) is 0.333. The van der Waals surface area contributed by atoms with E-state index in [1.807, 2.05) is 37.3 Å². The first-order valence-corrected chi connectivity index (χ1v) is 8.84. The Morgan fingerprint density at radius 1 is 1.24 bits per heavy atom. The number of fused-ring (bicyclic) bond motifs is 1. The topological polar surface area (TPSA) is 17.1 Å². The van der Waals surface area contributed by atoms with E-state index in [4.69, 9.17) is 0 Å². The molecule has 0 radical (unpaired) electrons. The highest BCUT2D eigenvalue weighted by molar-refractivity contribution is 6.17. The van der Waals surface area contributed by atoms with Gasteiger partial charge in [-0.05, 0) is 61.3 Å². The second-order valence-corrected chi connectivity index (χ2v) is 7.38. The summed E-state index contributed by atoms with van der Waals surface area (Å²) in [5, 5.41) is 0. The Morgan fingerprint density at radius 2 is 1.88 bits per heavy atom. The zero-order valence-corrected chi connectivity index (χ0v) is 15.9. The van der Waals surface area contributed by atoms with Crippen LogP contribution in [-0.4, -0.2) is 5.78 Å². The van der Waals surface area contributed by atoms with Crippen molar-refractivity contribution in [1.29, 1.82) is 0 Å². The van der Waals surface area contributed by atoms with Gasteiger partial charge in [-0.1, -0.05) is 62.9 Å². The highest BCUT2D eigenvalue weighted by atomic mass is 16.1. The standard InChI is InChI=1S/C24H28O/c1-7-8-11-16-24(5,6)17(2)14-15-21-19(4)18(3)20-12-9-10-13-22(20)23(21)25/h8-10,12-14H,1,3,11,15-16H2,2,4-6H3/b17-14+. The largest absolute Gasteiger partial charge is 0.289 e. The molecule has 0 N–H and O–H groups in total. The Labute approximate surface area is 152 Å². The molecule has 1 aromatic rings. The van der Waals surface area contributed by atoms with Gasteiger partial charge in [0.1, 0.15) is 0 Å². The van der Waals surface area contributed by atoms with Crippen LogP contribution in [0.5, 0.6) is 0 Å². The van der Waals surface area contributed by atoms with E-state index in [9.17, 15) is 4.79 Å². The van der Waals surface area contributed by atoms with E-state index in [0.29, 0.717) is 6.42 Å². The Hall–Kier alpha value is -2.37. The van der Waals surface area contributed by atoms with Crippen molar-refractivity contribution in [3.63, 3.8) is 0 Å². The van der Waals surface area contributed by atoms with Crippen LogP contribution in [-0.2, 0) is 0 Å². The molecule has 0 amide bonds. The second-order valence-electron chi connectivity index (χ2n) is 7.38. The maximum Gasteiger partial charge on any atom is 0.190 e. The van der Waals surface area contributed by atoms with E-state index < -0.39 is 0 Å². The molecule has 1 nitrogen and oxygen atoms in total. The molecule has 0 saturated heterocycles. The van der Waals surface area contributed by atoms with Gasteiger partial charge in [0, 0.05) is 11.1 Å². The van der Waals surface area contributed by atoms with E-state index in [1.165, 1.54) is 5.57 Å². The van der Waals surface area contributed by atoms with Crippen LogP contribution in [0.2, 0.25) is 0 Å². The molecule has 2 rings (SSSR count). The Balaban J connectivity index is 2.25. The number of carbonyl (C=O) groups is 1. The summed E-state index contributed by atoms with van der Waals surface area (Å²) in [6, 6.07) is 7.75. The molecular weight excluding hydrogens is 304 g/mol. The molecule has 0 spiro atoms. The Bertz CT molecular complexity index is 808. The number of carbonyl (C=O) groups excluding carboxylic acids is 1. The maximum absolute atomic E-state index is 12.9. The predicted octanol–water partition coefficient (Wildman–Crippen LogP) is 6.70. The Kier molecular flexibility index (Phi) is 5.82. The summed E-state index contributed by atoms with van der Waals surface area (Å²) >= 11 is 0. The number of Topliss-reactive ketones (excluding diaryl/α,β-unsaturated/α-hetero) is 1. The van der Waals surface area contributed by atoms with Crippen LogP contribution >= 0.6 is 0 Å². The van der Waals surface area contributed by atoms with Gasteiger partial charge in [-0.2, -0.15) is 0 Å². The van der Waals surface area contributed by atoms with Crippen molar-refractivity contribution in [2.75, 3.05) is 0 Å². The summed E-state index contributed by atoms with van der Waals surface area (Å²) in [4.78, 5) is 12.9. The fourth-order valence-corrected chi connectivity index (χ4v) is 3.17. The van der Waals surface area contributed by atoms with Crippen LogP contribution in [0.1, 0.15) is 62.9 Å². The van der Waals surface area contributed by atoms with Gasteiger partial charge in [-0.15, -0.1) is 5.73 Å². The monoisotopic (exact) mass is 332 g/mol. The smallest absolute Gasteiger partial charge is 0.190 e. The van der Waals surface area contributed by atoms with Crippen molar-refractivity contribution in [2.24, 2.45) is 5.41 Å². The minimum Gasteiger partial charge on any atom is -0.289 e. The second kappa shape index (κ2) is 7.68. The van der Waals surface area contributed by atoms with Gasteiger partial charge in [-0.25, -0.2) is 0 Å². The summed E-state index contributed by atoms with van der Waals surface area (Å²) in [5.74, 6) is 0.136. The molecule has 130 valence electrons. The number of hydrogen-bond donors (Lipinski definition) is 0. The third-order valence-corrected chi connectivity index (χ3v) is 5.41. The van der Waals surface area contributed by atoms with Crippen LogP contribution in [0.25, 0.3) is 5.57 Å². The number of benzene rings is 1. The van der Waals surface area contributed by atoms with Crippen LogP contribution in [0.15, 0.2) is 72.0 Å². The normalized spacial score (nSPS) is 15.1. The van der Waals surface area contributed by atoms with E-state index in [0.717, 1.165) is 40.7 Å².